The molecule has 0 rings (SSSR count). The predicted molar refractivity (Wildman–Crippen MR) is 288 cm³/mol. The summed E-state index contributed by atoms with van der Waals surface area (Å²) in [5.41, 5.74) is 0. The van der Waals surface area contributed by atoms with E-state index in [1.54, 1.807) is 0 Å². The first kappa shape index (κ1) is 62.0. The van der Waals surface area contributed by atoms with Crippen molar-refractivity contribution in [3.8, 4) is 0 Å². The number of rotatable bonds is 47. The number of hydrogen-bond acceptors (Lipinski definition) is 5. The molecule has 0 amide bonds. The summed E-state index contributed by atoms with van der Waals surface area (Å²) in [6, 6.07) is 0. The Hall–Kier alpha value is -3.96. The molecule has 1 atom stereocenters. The van der Waals surface area contributed by atoms with Crippen molar-refractivity contribution in [2.24, 2.45) is 0 Å². The molecule has 0 N–H and O–H groups in total. The molecule has 0 aliphatic heterocycles. The molecule has 0 bridgehead atoms. The van der Waals surface area contributed by atoms with Gasteiger partial charge in [0.15, 0.2) is 6.10 Å². The van der Waals surface area contributed by atoms with Gasteiger partial charge in [0.05, 0.1) is 6.61 Å². The summed E-state index contributed by atoms with van der Waals surface area (Å²) in [7, 11) is 0. The quantitative estimate of drug-likeness (QED) is 0.0346. The topological polar surface area (TPSA) is 61.8 Å². The molecule has 5 heteroatoms. The van der Waals surface area contributed by atoms with Crippen LogP contribution in [0, 0.1) is 0 Å². The fourth-order valence-corrected chi connectivity index (χ4v) is 6.76. The normalized spacial score (nSPS) is 13.3. The maximum Gasteiger partial charge on any atom is 0.306 e. The van der Waals surface area contributed by atoms with Gasteiger partial charge >= 0.3 is 11.9 Å². The molecule has 0 aliphatic carbocycles. The van der Waals surface area contributed by atoms with Crippen molar-refractivity contribution in [3.63, 3.8) is 0 Å². The van der Waals surface area contributed by atoms with Gasteiger partial charge in [0.2, 0.25) is 0 Å². The van der Waals surface area contributed by atoms with Crippen LogP contribution in [0.25, 0.3) is 0 Å². The van der Waals surface area contributed by atoms with Crippen molar-refractivity contribution in [2.45, 2.75) is 219 Å². The van der Waals surface area contributed by atoms with Gasteiger partial charge in [-0.2, -0.15) is 0 Å². The lowest BCUT2D eigenvalue weighted by Gasteiger charge is -2.18. The van der Waals surface area contributed by atoms with Crippen molar-refractivity contribution in [3.05, 3.63) is 134 Å². The van der Waals surface area contributed by atoms with E-state index >= 15 is 0 Å². The Balaban J connectivity index is 4.47. The van der Waals surface area contributed by atoms with Gasteiger partial charge in [0, 0.05) is 19.4 Å². The minimum absolute atomic E-state index is 0.0242. The summed E-state index contributed by atoms with van der Waals surface area (Å²) in [6.45, 7) is 7.45. The van der Waals surface area contributed by atoms with Crippen LogP contribution >= 0.6 is 0 Å². The van der Waals surface area contributed by atoms with Crippen LogP contribution in [0.4, 0.5) is 0 Å². The lowest BCUT2D eigenvalue weighted by Crippen LogP contribution is -2.30. The van der Waals surface area contributed by atoms with Crippen LogP contribution in [0.5, 0.6) is 0 Å². The highest BCUT2D eigenvalue weighted by atomic mass is 16.6. The van der Waals surface area contributed by atoms with Crippen LogP contribution in [-0.2, 0) is 23.8 Å². The molecule has 0 spiro atoms. The van der Waals surface area contributed by atoms with E-state index in [4.69, 9.17) is 14.2 Å². The summed E-state index contributed by atoms with van der Waals surface area (Å²) in [6.07, 6.45) is 79.0. The van der Waals surface area contributed by atoms with Crippen molar-refractivity contribution in [2.75, 3.05) is 19.8 Å². The standard InChI is InChI=1S/C61H98O5/c1-4-7-10-13-16-19-22-25-28-30-31-33-34-36-39-42-45-48-51-54-60(62)65-58-59(57-64-56-53-50-47-44-41-38-27-24-21-18-15-12-9-6-3)66-61(63)55-52-49-46-43-40-37-35-32-29-26-23-20-17-14-11-8-5-2/h7-8,10-11,16-17,19-21,24-26,28-29,31,33,35-37,39,45,48,59H,4-6,9,12-15,18,22-23,27,30,32,34,38,40-44,46-47,49-58H2,1-3H3/b10-7-,11-8-,19-16-,20-17-,24-21-,28-25-,29-26-,33-31-,37-35-,39-36-,48-45-. The first-order chi connectivity index (χ1) is 32.6. The summed E-state index contributed by atoms with van der Waals surface area (Å²) in [5.74, 6) is -0.533. The molecular weight excluding hydrogens is 813 g/mol. The van der Waals surface area contributed by atoms with Gasteiger partial charge in [-0.3, -0.25) is 9.59 Å². The Morgan fingerprint density at radius 1 is 0.348 bits per heavy atom. The molecule has 0 aliphatic rings. The maximum absolute atomic E-state index is 12.8. The Labute approximate surface area is 407 Å². The van der Waals surface area contributed by atoms with Gasteiger partial charge in [0.25, 0.3) is 0 Å². The molecular formula is C61H98O5. The zero-order valence-electron chi connectivity index (χ0n) is 42.7. The van der Waals surface area contributed by atoms with Crippen molar-refractivity contribution >= 4 is 11.9 Å². The van der Waals surface area contributed by atoms with Crippen molar-refractivity contribution in [1.82, 2.24) is 0 Å². The molecule has 66 heavy (non-hydrogen) atoms. The van der Waals surface area contributed by atoms with Gasteiger partial charge in [0.1, 0.15) is 6.61 Å². The second-order valence-electron chi connectivity index (χ2n) is 17.0. The monoisotopic (exact) mass is 911 g/mol. The number of carbonyl (C=O) groups is 2. The number of hydrogen-bond donors (Lipinski definition) is 0. The van der Waals surface area contributed by atoms with E-state index in [0.717, 1.165) is 109 Å². The molecule has 0 radical (unpaired) electrons. The fourth-order valence-electron chi connectivity index (χ4n) is 6.76. The molecule has 0 saturated carbocycles. The number of carbonyl (C=O) groups excluding carboxylic acids is 2. The van der Waals surface area contributed by atoms with Crippen molar-refractivity contribution < 1.29 is 23.8 Å². The third kappa shape index (κ3) is 52.7. The van der Waals surface area contributed by atoms with Gasteiger partial charge in [-0.15, -0.1) is 0 Å². The second-order valence-corrected chi connectivity index (χ2v) is 17.0. The van der Waals surface area contributed by atoms with Crippen LogP contribution in [0.3, 0.4) is 0 Å². The molecule has 0 heterocycles. The lowest BCUT2D eigenvalue weighted by atomic mass is 10.1. The largest absolute Gasteiger partial charge is 0.462 e. The van der Waals surface area contributed by atoms with E-state index < -0.39 is 6.10 Å². The third-order valence-electron chi connectivity index (χ3n) is 10.7. The molecule has 0 aromatic heterocycles. The second kappa shape index (κ2) is 55.4. The third-order valence-corrected chi connectivity index (χ3v) is 10.7. The molecule has 5 nitrogen and oxygen atoms in total. The Bertz CT molecular complexity index is 1400. The maximum atomic E-state index is 12.8. The van der Waals surface area contributed by atoms with E-state index in [0.29, 0.717) is 25.9 Å². The highest BCUT2D eigenvalue weighted by Gasteiger charge is 2.17. The van der Waals surface area contributed by atoms with Crippen LogP contribution in [0.1, 0.15) is 213 Å². The number of allylic oxidation sites excluding steroid dienone is 22. The molecule has 1 unspecified atom stereocenters. The van der Waals surface area contributed by atoms with Gasteiger partial charge < -0.3 is 14.2 Å². The van der Waals surface area contributed by atoms with Gasteiger partial charge in [-0.1, -0.05) is 212 Å². The lowest BCUT2D eigenvalue weighted by molar-refractivity contribution is -0.162. The fraction of sp³-hybridized carbons (Fsp3) is 0.607. The SMILES string of the molecule is CC/C=C\C/C=C\C/C=C\C/C=C\C/C=C\C/C=C\CCC(=O)OCC(COCCCCCCCC/C=C\CCCCCC)OC(=O)CCCCCC/C=C\C/C=C\C/C=C\C/C=C\CC. The molecule has 0 aromatic rings. The zero-order chi connectivity index (χ0) is 47.7. The summed E-state index contributed by atoms with van der Waals surface area (Å²) < 4.78 is 17.3. The van der Waals surface area contributed by atoms with E-state index in [-0.39, 0.29) is 25.2 Å². The van der Waals surface area contributed by atoms with E-state index in [1.165, 1.54) is 64.2 Å². The Morgan fingerprint density at radius 2 is 0.712 bits per heavy atom. The summed E-state index contributed by atoms with van der Waals surface area (Å²) >= 11 is 0. The Morgan fingerprint density at radius 3 is 1.17 bits per heavy atom. The van der Waals surface area contributed by atoms with E-state index in [9.17, 15) is 9.59 Å². The summed E-state index contributed by atoms with van der Waals surface area (Å²) in [4.78, 5) is 25.4. The van der Waals surface area contributed by atoms with Gasteiger partial charge in [-0.05, 0) is 122 Å². The van der Waals surface area contributed by atoms with Crippen LogP contribution in [-0.4, -0.2) is 37.9 Å². The summed E-state index contributed by atoms with van der Waals surface area (Å²) in [5, 5.41) is 0. The van der Waals surface area contributed by atoms with Crippen LogP contribution in [0.2, 0.25) is 0 Å². The Kier molecular flexibility index (Phi) is 52.0. The zero-order valence-corrected chi connectivity index (χ0v) is 42.7. The molecule has 0 fully saturated rings. The molecule has 372 valence electrons. The first-order valence-corrected chi connectivity index (χ1v) is 26.7. The number of ether oxygens (including phenoxy) is 3. The first-order valence-electron chi connectivity index (χ1n) is 26.7. The molecule has 0 saturated heterocycles. The number of unbranched alkanes of at least 4 members (excludes halogenated alkanes) is 14. The minimum Gasteiger partial charge on any atom is -0.462 e. The smallest absolute Gasteiger partial charge is 0.306 e. The number of esters is 2. The van der Waals surface area contributed by atoms with Crippen LogP contribution < -0.4 is 0 Å². The average Bonchev–Trinajstić information content (AvgIpc) is 3.32. The van der Waals surface area contributed by atoms with E-state index in [1.807, 2.05) is 6.08 Å². The van der Waals surface area contributed by atoms with Gasteiger partial charge in [-0.25, -0.2) is 0 Å². The van der Waals surface area contributed by atoms with Crippen molar-refractivity contribution in [1.29, 1.82) is 0 Å². The predicted octanol–water partition coefficient (Wildman–Crippen LogP) is 18.3. The average molecular weight is 911 g/mol. The highest BCUT2D eigenvalue weighted by Crippen LogP contribution is 2.12. The van der Waals surface area contributed by atoms with Crippen LogP contribution in [0.15, 0.2) is 134 Å². The molecule has 0 aromatic carbocycles. The highest BCUT2D eigenvalue weighted by molar-refractivity contribution is 5.70. The minimum atomic E-state index is -0.592. The van der Waals surface area contributed by atoms with E-state index in [2.05, 4.69) is 148 Å².